The van der Waals surface area contributed by atoms with E-state index in [1.54, 1.807) is 19.1 Å². The Labute approximate surface area is 151 Å². The minimum Gasteiger partial charge on any atom is -0.494 e. The van der Waals surface area contributed by atoms with Crippen molar-refractivity contribution in [1.82, 2.24) is 25.6 Å². The Kier molecular flexibility index (Phi) is 5.51. The number of methoxy groups -OCH3 is 1. The van der Waals surface area contributed by atoms with Crippen molar-refractivity contribution in [3.05, 3.63) is 41.0 Å². The molecule has 0 saturated carbocycles. The number of benzene rings is 1. The Morgan fingerprint density at radius 2 is 2.15 bits per heavy atom. The molecule has 2 N–H and O–H groups in total. The summed E-state index contributed by atoms with van der Waals surface area (Å²) in [6.45, 7) is 5.53. The standard InChI is InChI=1S/C18H24FN5O2/c1-11(13-4-5-16(26-3)15(19)10-13)21-18(25)17-12(2)24(23-22-17)14-6-8-20-9-7-14/h4-5,10-11,14,20H,6-9H2,1-3H3,(H,21,25). The van der Waals surface area contributed by atoms with Gasteiger partial charge >= 0.3 is 0 Å². The summed E-state index contributed by atoms with van der Waals surface area (Å²) in [7, 11) is 1.41. The second kappa shape index (κ2) is 7.82. The zero-order valence-electron chi connectivity index (χ0n) is 15.3. The number of nitrogens with zero attached hydrogens (tertiary/aromatic N) is 3. The van der Waals surface area contributed by atoms with Crippen LogP contribution in [0.25, 0.3) is 0 Å². The van der Waals surface area contributed by atoms with Gasteiger partial charge in [0.15, 0.2) is 17.3 Å². The zero-order valence-corrected chi connectivity index (χ0v) is 15.3. The summed E-state index contributed by atoms with van der Waals surface area (Å²) in [5, 5.41) is 14.4. The van der Waals surface area contributed by atoms with Crippen molar-refractivity contribution in [2.45, 2.75) is 38.8 Å². The van der Waals surface area contributed by atoms with E-state index in [2.05, 4.69) is 20.9 Å². The molecule has 1 aliphatic heterocycles. The average molecular weight is 361 g/mol. The van der Waals surface area contributed by atoms with Gasteiger partial charge in [-0.1, -0.05) is 11.3 Å². The van der Waals surface area contributed by atoms with Crippen LogP contribution in [-0.2, 0) is 0 Å². The molecule has 1 aliphatic rings. The van der Waals surface area contributed by atoms with E-state index >= 15 is 0 Å². The van der Waals surface area contributed by atoms with Gasteiger partial charge in [-0.15, -0.1) is 5.10 Å². The molecule has 7 nitrogen and oxygen atoms in total. The van der Waals surface area contributed by atoms with E-state index in [0.717, 1.165) is 31.6 Å². The summed E-state index contributed by atoms with van der Waals surface area (Å²) < 4.78 is 20.6. The first-order chi connectivity index (χ1) is 12.5. The fourth-order valence-corrected chi connectivity index (χ4v) is 3.25. The van der Waals surface area contributed by atoms with Crippen molar-refractivity contribution in [2.75, 3.05) is 20.2 Å². The maximum Gasteiger partial charge on any atom is 0.274 e. The van der Waals surface area contributed by atoms with Crippen molar-refractivity contribution in [3.8, 4) is 5.75 Å². The van der Waals surface area contributed by atoms with Gasteiger partial charge in [-0.3, -0.25) is 4.79 Å². The van der Waals surface area contributed by atoms with E-state index < -0.39 is 5.82 Å². The van der Waals surface area contributed by atoms with Crippen molar-refractivity contribution < 1.29 is 13.9 Å². The van der Waals surface area contributed by atoms with Gasteiger partial charge in [-0.25, -0.2) is 9.07 Å². The van der Waals surface area contributed by atoms with Crippen molar-refractivity contribution in [3.63, 3.8) is 0 Å². The van der Waals surface area contributed by atoms with Gasteiger partial charge in [0, 0.05) is 0 Å². The lowest BCUT2D eigenvalue weighted by Gasteiger charge is -2.23. The van der Waals surface area contributed by atoms with Crippen LogP contribution in [0.1, 0.15) is 53.6 Å². The highest BCUT2D eigenvalue weighted by Gasteiger charge is 2.24. The lowest BCUT2D eigenvalue weighted by molar-refractivity contribution is 0.0934. The molecule has 1 aromatic carbocycles. The van der Waals surface area contributed by atoms with Crippen LogP contribution in [0.4, 0.5) is 4.39 Å². The van der Waals surface area contributed by atoms with Crippen LogP contribution in [0.15, 0.2) is 18.2 Å². The summed E-state index contributed by atoms with van der Waals surface area (Å²) in [5.74, 6) is -0.599. The molecule has 3 rings (SSSR count). The molecule has 1 saturated heterocycles. The quantitative estimate of drug-likeness (QED) is 0.853. The highest BCUT2D eigenvalue weighted by Crippen LogP contribution is 2.23. The minimum absolute atomic E-state index is 0.174. The number of hydrogen-bond donors (Lipinski definition) is 2. The third-order valence-electron chi connectivity index (χ3n) is 4.82. The largest absolute Gasteiger partial charge is 0.494 e. The number of carbonyl (C=O) groups excluding carboxylic acids is 1. The van der Waals surface area contributed by atoms with Crippen LogP contribution in [0.3, 0.4) is 0 Å². The molecule has 140 valence electrons. The third kappa shape index (κ3) is 3.70. The first-order valence-electron chi connectivity index (χ1n) is 8.78. The molecule has 0 bridgehead atoms. The van der Waals surface area contributed by atoms with E-state index in [1.807, 2.05) is 11.6 Å². The molecule has 8 heteroatoms. The van der Waals surface area contributed by atoms with Gasteiger partial charge in [-0.2, -0.15) is 0 Å². The van der Waals surface area contributed by atoms with Gasteiger partial charge in [-0.05, 0) is 57.5 Å². The van der Waals surface area contributed by atoms with E-state index in [0.29, 0.717) is 11.3 Å². The Morgan fingerprint density at radius 1 is 1.42 bits per heavy atom. The molecular weight excluding hydrogens is 337 g/mol. The van der Waals surface area contributed by atoms with Gasteiger partial charge in [0.25, 0.3) is 5.91 Å². The summed E-state index contributed by atoms with van der Waals surface area (Å²) in [6.07, 6.45) is 1.93. The molecule has 0 spiro atoms. The number of rotatable bonds is 5. The first kappa shape index (κ1) is 18.3. The number of hydrogen-bond acceptors (Lipinski definition) is 5. The van der Waals surface area contributed by atoms with Crippen LogP contribution in [-0.4, -0.2) is 41.1 Å². The SMILES string of the molecule is COc1ccc(C(C)NC(=O)c2nnn(C3CCNCC3)c2C)cc1F. The number of piperidine rings is 1. The van der Waals surface area contributed by atoms with Crippen molar-refractivity contribution in [1.29, 1.82) is 0 Å². The number of nitrogens with one attached hydrogen (secondary N) is 2. The van der Waals surface area contributed by atoms with Gasteiger partial charge in [0.05, 0.1) is 24.9 Å². The normalized spacial score (nSPS) is 16.3. The van der Waals surface area contributed by atoms with E-state index in [9.17, 15) is 9.18 Å². The number of aromatic nitrogens is 3. The first-order valence-corrected chi connectivity index (χ1v) is 8.78. The lowest BCUT2D eigenvalue weighted by Crippen LogP contribution is -2.31. The topological polar surface area (TPSA) is 81.1 Å². The van der Waals surface area contributed by atoms with Crippen LogP contribution in [0.2, 0.25) is 0 Å². The molecule has 1 unspecified atom stereocenters. The van der Waals surface area contributed by atoms with Gasteiger partial charge in [0.1, 0.15) is 0 Å². The summed E-state index contributed by atoms with van der Waals surface area (Å²) in [6, 6.07) is 4.53. The number of ether oxygens (including phenoxy) is 1. The lowest BCUT2D eigenvalue weighted by atomic mass is 10.1. The van der Waals surface area contributed by atoms with Gasteiger partial charge < -0.3 is 15.4 Å². The van der Waals surface area contributed by atoms with Crippen LogP contribution < -0.4 is 15.4 Å². The molecule has 26 heavy (non-hydrogen) atoms. The smallest absolute Gasteiger partial charge is 0.274 e. The van der Waals surface area contributed by atoms with E-state index in [-0.39, 0.29) is 23.7 Å². The minimum atomic E-state index is -0.459. The van der Waals surface area contributed by atoms with E-state index in [4.69, 9.17) is 4.74 Å². The molecule has 2 heterocycles. The molecule has 2 aromatic rings. The summed E-state index contributed by atoms with van der Waals surface area (Å²) in [5.41, 5.74) is 1.71. The van der Waals surface area contributed by atoms with Crippen LogP contribution >= 0.6 is 0 Å². The van der Waals surface area contributed by atoms with Crippen LogP contribution in [0, 0.1) is 12.7 Å². The zero-order chi connectivity index (χ0) is 18.7. The van der Waals surface area contributed by atoms with Crippen molar-refractivity contribution >= 4 is 5.91 Å². The Balaban J connectivity index is 1.71. The summed E-state index contributed by atoms with van der Waals surface area (Å²) >= 11 is 0. The number of carbonyl (C=O) groups is 1. The predicted octanol–water partition coefficient (Wildman–Crippen LogP) is 2.15. The molecule has 0 aliphatic carbocycles. The highest BCUT2D eigenvalue weighted by molar-refractivity contribution is 5.93. The molecular formula is C18H24FN5O2. The maximum absolute atomic E-state index is 13.9. The monoisotopic (exact) mass is 361 g/mol. The second-order valence-corrected chi connectivity index (χ2v) is 6.54. The third-order valence-corrected chi connectivity index (χ3v) is 4.82. The predicted molar refractivity (Wildman–Crippen MR) is 94.7 cm³/mol. The molecule has 1 atom stereocenters. The summed E-state index contributed by atoms with van der Waals surface area (Å²) in [4.78, 5) is 12.6. The molecule has 0 radical (unpaired) electrons. The number of amides is 1. The van der Waals surface area contributed by atoms with E-state index in [1.165, 1.54) is 13.2 Å². The Bertz CT molecular complexity index is 786. The molecule has 1 amide bonds. The highest BCUT2D eigenvalue weighted by atomic mass is 19.1. The Morgan fingerprint density at radius 3 is 2.81 bits per heavy atom. The average Bonchev–Trinajstić information content (AvgIpc) is 3.03. The maximum atomic E-state index is 13.9. The Hall–Kier alpha value is -2.48. The second-order valence-electron chi connectivity index (χ2n) is 6.54. The fourth-order valence-electron chi connectivity index (χ4n) is 3.25. The van der Waals surface area contributed by atoms with Crippen LogP contribution in [0.5, 0.6) is 5.75 Å². The fraction of sp³-hybridized carbons (Fsp3) is 0.500. The number of halogens is 1. The molecule has 1 fully saturated rings. The van der Waals surface area contributed by atoms with Crippen molar-refractivity contribution in [2.24, 2.45) is 0 Å². The molecule has 1 aromatic heterocycles. The van der Waals surface area contributed by atoms with Gasteiger partial charge in [0.2, 0.25) is 0 Å².